The van der Waals surface area contributed by atoms with Gasteiger partial charge in [-0.3, -0.25) is 14.4 Å². The summed E-state index contributed by atoms with van der Waals surface area (Å²) >= 11 is 0. The summed E-state index contributed by atoms with van der Waals surface area (Å²) in [7, 11) is 1.48. The molecule has 5 nitrogen and oxygen atoms in total. The van der Waals surface area contributed by atoms with Gasteiger partial charge in [0.15, 0.2) is 11.6 Å². The molecule has 5 aliphatic carbocycles. The third kappa shape index (κ3) is 3.11. The Kier molecular flexibility index (Phi) is 5.47. The molecule has 200 valence electrons. The summed E-state index contributed by atoms with van der Waals surface area (Å²) in [6.07, 6.45) is 9.65. The van der Waals surface area contributed by atoms with E-state index in [0.717, 1.165) is 50.5 Å². The zero-order valence-electron chi connectivity index (χ0n) is 23.9. The van der Waals surface area contributed by atoms with Gasteiger partial charge in [0, 0.05) is 16.7 Å². The van der Waals surface area contributed by atoms with Crippen LogP contribution in [-0.4, -0.2) is 24.6 Å². The molecule has 0 aromatic carbocycles. The van der Waals surface area contributed by atoms with Crippen LogP contribution in [0.1, 0.15) is 93.4 Å². The molecule has 0 radical (unpaired) electrons. The van der Waals surface area contributed by atoms with Gasteiger partial charge in [-0.05, 0) is 79.1 Å². The standard InChI is InChI=1S/C32H43NO4/c1-27(2)11-13-32(26(36)37-8)14-12-31(7)24(20(32)17-27)21(34)15-23-29(5)16-19(18-33)25(35)28(3,4)22(29)9-10-30(23,31)6/h15-16,20,22,24H,9-14,17H2,1-8H3/t20?,22-,24-,29-,30+,31+,32-/m0/s1. The Morgan fingerprint density at radius 2 is 1.65 bits per heavy atom. The number of hydrogen-bond acceptors (Lipinski definition) is 5. The predicted octanol–water partition coefficient (Wildman–Crippen LogP) is 6.38. The molecule has 7 atom stereocenters. The van der Waals surface area contributed by atoms with Crippen LogP contribution < -0.4 is 0 Å². The summed E-state index contributed by atoms with van der Waals surface area (Å²) in [5.74, 6) is -0.376. The molecule has 0 aromatic rings. The number of methoxy groups -OCH3 is 1. The minimum absolute atomic E-state index is 0.0308. The Morgan fingerprint density at radius 1 is 1.00 bits per heavy atom. The SMILES string of the molecule is COC(=O)[C@]12CCC(C)(C)CC1[C@H]1C(=O)C=C3[C@@]4(C)C=C(C#N)C(=O)C(C)(C)[C@@H]4CC[C@@]3(C)[C@]1(C)CC2. The maximum atomic E-state index is 14.4. The van der Waals surface area contributed by atoms with Crippen LogP contribution in [0, 0.1) is 61.6 Å². The van der Waals surface area contributed by atoms with Crippen molar-refractivity contribution in [2.75, 3.05) is 7.11 Å². The zero-order valence-corrected chi connectivity index (χ0v) is 23.9. The van der Waals surface area contributed by atoms with E-state index >= 15 is 0 Å². The van der Waals surface area contributed by atoms with Crippen molar-refractivity contribution in [3.8, 4) is 6.07 Å². The van der Waals surface area contributed by atoms with Crippen molar-refractivity contribution in [1.29, 1.82) is 5.26 Å². The Morgan fingerprint density at radius 3 is 2.27 bits per heavy atom. The number of carbonyl (C=O) groups excluding carboxylic acids is 3. The summed E-state index contributed by atoms with van der Waals surface area (Å²) in [5, 5.41) is 9.86. The molecule has 0 aliphatic heterocycles. The van der Waals surface area contributed by atoms with Gasteiger partial charge in [-0.2, -0.15) is 5.26 Å². The van der Waals surface area contributed by atoms with Gasteiger partial charge < -0.3 is 4.74 Å². The van der Waals surface area contributed by atoms with Crippen molar-refractivity contribution in [2.45, 2.75) is 93.4 Å². The van der Waals surface area contributed by atoms with Crippen LogP contribution in [0.25, 0.3) is 0 Å². The molecule has 3 fully saturated rings. The normalized spacial score (nSPS) is 45.6. The number of hydrogen-bond donors (Lipinski definition) is 0. The first-order chi connectivity index (χ1) is 17.0. The Balaban J connectivity index is 1.71. The van der Waals surface area contributed by atoms with Crippen LogP contribution in [0.5, 0.6) is 0 Å². The van der Waals surface area contributed by atoms with Crippen LogP contribution in [0.15, 0.2) is 23.3 Å². The van der Waals surface area contributed by atoms with Crippen LogP contribution in [0.2, 0.25) is 0 Å². The highest BCUT2D eigenvalue weighted by Gasteiger charge is 2.71. The van der Waals surface area contributed by atoms with E-state index in [4.69, 9.17) is 4.74 Å². The maximum absolute atomic E-state index is 14.4. The molecule has 0 amide bonds. The summed E-state index contributed by atoms with van der Waals surface area (Å²) in [6.45, 7) is 15.2. The van der Waals surface area contributed by atoms with Crippen molar-refractivity contribution in [3.05, 3.63) is 23.3 Å². The van der Waals surface area contributed by atoms with Crippen LogP contribution in [0.3, 0.4) is 0 Å². The molecule has 0 N–H and O–H groups in total. The fourth-order valence-corrected chi connectivity index (χ4v) is 10.2. The number of ether oxygens (including phenoxy) is 1. The van der Waals surface area contributed by atoms with Crippen LogP contribution in [-0.2, 0) is 19.1 Å². The molecule has 0 bridgehead atoms. The van der Waals surface area contributed by atoms with E-state index in [1.807, 2.05) is 26.0 Å². The highest BCUT2D eigenvalue weighted by Crippen LogP contribution is 2.74. The molecular weight excluding hydrogens is 462 g/mol. The summed E-state index contributed by atoms with van der Waals surface area (Å²) in [6, 6.07) is 2.17. The van der Waals surface area contributed by atoms with Crippen LogP contribution >= 0.6 is 0 Å². The number of ketones is 2. The lowest BCUT2D eigenvalue weighted by molar-refractivity contribution is -0.191. The molecule has 0 spiro atoms. The second kappa shape index (κ2) is 7.67. The quantitative estimate of drug-likeness (QED) is 0.386. The summed E-state index contributed by atoms with van der Waals surface area (Å²) < 4.78 is 5.41. The average molecular weight is 506 g/mol. The lowest BCUT2D eigenvalue weighted by Crippen LogP contribution is -2.65. The monoisotopic (exact) mass is 505 g/mol. The molecule has 0 heterocycles. The minimum Gasteiger partial charge on any atom is -0.469 e. The number of allylic oxidation sites excluding steroid dienone is 4. The van der Waals surface area contributed by atoms with E-state index in [0.29, 0.717) is 0 Å². The molecular formula is C32H43NO4. The van der Waals surface area contributed by atoms with Gasteiger partial charge in [0.1, 0.15) is 6.07 Å². The third-order valence-corrected chi connectivity index (χ3v) is 12.5. The number of carbonyl (C=O) groups is 3. The highest BCUT2D eigenvalue weighted by molar-refractivity contribution is 6.04. The molecule has 5 aliphatic rings. The summed E-state index contributed by atoms with van der Waals surface area (Å²) in [5.41, 5.74) is -1.02. The topological polar surface area (TPSA) is 84.2 Å². The number of fused-ring (bicyclic) bond motifs is 7. The molecule has 37 heavy (non-hydrogen) atoms. The third-order valence-electron chi connectivity index (χ3n) is 12.5. The highest BCUT2D eigenvalue weighted by atomic mass is 16.5. The lowest BCUT2D eigenvalue weighted by Gasteiger charge is -2.68. The first kappa shape index (κ1) is 26.4. The van der Waals surface area contributed by atoms with E-state index in [9.17, 15) is 19.6 Å². The van der Waals surface area contributed by atoms with Gasteiger partial charge >= 0.3 is 5.97 Å². The molecule has 0 saturated heterocycles. The second-order valence-corrected chi connectivity index (χ2v) is 14.9. The first-order valence-electron chi connectivity index (χ1n) is 14.1. The lowest BCUT2D eigenvalue weighted by atomic mass is 9.34. The zero-order chi connectivity index (χ0) is 27.4. The van der Waals surface area contributed by atoms with Crippen LogP contribution in [0.4, 0.5) is 0 Å². The van der Waals surface area contributed by atoms with Gasteiger partial charge in [-0.1, -0.05) is 60.1 Å². The number of nitrogens with zero attached hydrogens (tertiary/aromatic N) is 1. The van der Waals surface area contributed by atoms with E-state index in [-0.39, 0.29) is 57.1 Å². The summed E-state index contributed by atoms with van der Waals surface area (Å²) in [4.78, 5) is 40.9. The van der Waals surface area contributed by atoms with Crippen molar-refractivity contribution in [3.63, 3.8) is 0 Å². The van der Waals surface area contributed by atoms with Crippen molar-refractivity contribution < 1.29 is 19.1 Å². The van der Waals surface area contributed by atoms with Crippen molar-refractivity contribution in [1.82, 2.24) is 0 Å². The maximum Gasteiger partial charge on any atom is 0.312 e. The fraction of sp³-hybridized carbons (Fsp3) is 0.750. The van der Waals surface area contributed by atoms with E-state index in [1.54, 1.807) is 0 Å². The minimum atomic E-state index is -0.669. The Bertz CT molecular complexity index is 1200. The molecule has 5 rings (SSSR count). The van der Waals surface area contributed by atoms with Gasteiger partial charge in [-0.25, -0.2) is 0 Å². The predicted molar refractivity (Wildman–Crippen MR) is 141 cm³/mol. The molecule has 0 aromatic heterocycles. The molecule has 1 unspecified atom stereocenters. The first-order valence-corrected chi connectivity index (χ1v) is 14.1. The van der Waals surface area contributed by atoms with Gasteiger partial charge in [0.2, 0.25) is 0 Å². The van der Waals surface area contributed by atoms with E-state index in [1.165, 1.54) is 7.11 Å². The Hall–Kier alpha value is -2.22. The number of esters is 1. The molecule has 3 saturated carbocycles. The Labute approximate surface area is 222 Å². The van der Waals surface area contributed by atoms with Crippen molar-refractivity contribution in [2.24, 2.45) is 50.2 Å². The van der Waals surface area contributed by atoms with Gasteiger partial charge in [0.25, 0.3) is 0 Å². The smallest absolute Gasteiger partial charge is 0.312 e. The van der Waals surface area contributed by atoms with Gasteiger partial charge in [0.05, 0.1) is 18.1 Å². The number of nitriles is 1. The number of Topliss-reactive ketones (excluding diaryl/α,β-unsaturated/α-hetero) is 1. The molecule has 5 heteroatoms. The average Bonchev–Trinajstić information content (AvgIpc) is 2.82. The van der Waals surface area contributed by atoms with E-state index < -0.39 is 16.2 Å². The largest absolute Gasteiger partial charge is 0.469 e. The van der Waals surface area contributed by atoms with Crippen molar-refractivity contribution >= 4 is 17.5 Å². The second-order valence-electron chi connectivity index (χ2n) is 14.9. The van der Waals surface area contributed by atoms with Gasteiger partial charge in [-0.15, -0.1) is 0 Å². The number of rotatable bonds is 1. The fourth-order valence-electron chi connectivity index (χ4n) is 10.2. The van der Waals surface area contributed by atoms with E-state index in [2.05, 4.69) is 40.7 Å².